The van der Waals surface area contributed by atoms with Crippen molar-refractivity contribution in [3.05, 3.63) is 11.6 Å². The molecule has 0 bridgehead atoms. The number of ether oxygens (including phenoxy) is 1. The van der Waals surface area contributed by atoms with Crippen LogP contribution in [-0.2, 0) is 9.53 Å². The predicted octanol–water partition coefficient (Wildman–Crippen LogP) is 3.26. The molecular weight excluding hydrogens is 288 g/mol. The Morgan fingerprint density at radius 2 is 1.96 bits per heavy atom. The first kappa shape index (κ1) is 14.7. The van der Waals surface area contributed by atoms with Crippen LogP contribution in [0.5, 0.6) is 0 Å². The number of aliphatic hydroxyl groups is 1. The molecule has 1 aliphatic heterocycles. The van der Waals surface area contributed by atoms with E-state index in [1.54, 1.807) is 0 Å². The molecule has 3 nitrogen and oxygen atoms in total. The average Bonchev–Trinajstić information content (AvgIpc) is 3.21. The third-order valence-electron chi connectivity index (χ3n) is 8.57. The number of rotatable bonds is 0. The maximum absolute atomic E-state index is 12.0. The normalized spacial score (nSPS) is 57.5. The van der Waals surface area contributed by atoms with Crippen molar-refractivity contribution >= 4 is 5.78 Å². The fourth-order valence-corrected chi connectivity index (χ4v) is 7.14. The summed E-state index contributed by atoms with van der Waals surface area (Å²) in [7, 11) is 0. The molecule has 0 aromatic heterocycles. The van der Waals surface area contributed by atoms with Crippen molar-refractivity contribution in [1.29, 1.82) is 0 Å². The van der Waals surface area contributed by atoms with Crippen LogP contribution in [-0.4, -0.2) is 29.2 Å². The van der Waals surface area contributed by atoms with Gasteiger partial charge in [-0.25, -0.2) is 0 Å². The van der Waals surface area contributed by atoms with Crippen LogP contribution in [0.15, 0.2) is 11.6 Å². The Bertz CT molecular complexity index is 604. The summed E-state index contributed by atoms with van der Waals surface area (Å²) in [5.41, 5.74) is 1.45. The van der Waals surface area contributed by atoms with Crippen molar-refractivity contribution in [3.63, 3.8) is 0 Å². The fourth-order valence-electron chi connectivity index (χ4n) is 7.14. The van der Waals surface area contributed by atoms with E-state index >= 15 is 0 Å². The van der Waals surface area contributed by atoms with E-state index in [-0.39, 0.29) is 22.5 Å². The molecule has 3 heteroatoms. The predicted molar refractivity (Wildman–Crippen MR) is 86.8 cm³/mol. The minimum Gasteiger partial charge on any atom is -0.393 e. The smallest absolute Gasteiger partial charge is 0.155 e. The lowest BCUT2D eigenvalue weighted by molar-refractivity contribution is -0.119. The number of epoxide rings is 1. The SMILES string of the molecule is C[C@]12CC[C@H]3[C@@H](C[C@@]4(CO4)C4=CC(=O)CC[C@@]43C)[C@@H]1CC[C@@H]2O. The molecule has 126 valence electrons. The topological polar surface area (TPSA) is 49.8 Å². The van der Waals surface area contributed by atoms with Crippen LogP contribution in [0.25, 0.3) is 0 Å². The van der Waals surface area contributed by atoms with Crippen LogP contribution in [0.4, 0.5) is 0 Å². The molecule has 7 atom stereocenters. The van der Waals surface area contributed by atoms with Crippen molar-refractivity contribution < 1.29 is 14.6 Å². The van der Waals surface area contributed by atoms with E-state index in [2.05, 4.69) is 13.8 Å². The Morgan fingerprint density at radius 1 is 1.17 bits per heavy atom. The van der Waals surface area contributed by atoms with Crippen molar-refractivity contribution in [3.8, 4) is 0 Å². The maximum Gasteiger partial charge on any atom is 0.155 e. The van der Waals surface area contributed by atoms with Gasteiger partial charge in [0.2, 0.25) is 0 Å². The second kappa shape index (κ2) is 4.29. The standard InChI is InChI=1S/C20H28O3/c1-18-7-5-12(21)9-16(18)20(11-23-20)10-13-14-3-4-17(22)19(14,2)8-6-15(13)18/h9,13-15,17,22H,3-8,10-11H2,1-2H3/t13-,14-,15-,17-,18+,19-,20+/m0/s1. The molecular formula is C20H28O3. The maximum atomic E-state index is 12.0. The van der Waals surface area contributed by atoms with E-state index in [0.29, 0.717) is 30.0 Å². The first-order chi connectivity index (χ1) is 10.9. The zero-order valence-electron chi connectivity index (χ0n) is 14.3. The number of aliphatic hydroxyl groups excluding tert-OH is 1. The highest BCUT2D eigenvalue weighted by Crippen LogP contribution is 2.69. The lowest BCUT2D eigenvalue weighted by Gasteiger charge is -2.59. The van der Waals surface area contributed by atoms with E-state index < -0.39 is 0 Å². The molecule has 0 amide bonds. The lowest BCUT2D eigenvalue weighted by Crippen LogP contribution is -2.55. The highest BCUT2D eigenvalue weighted by molar-refractivity contribution is 5.92. The van der Waals surface area contributed by atoms with Crippen LogP contribution >= 0.6 is 0 Å². The first-order valence-corrected chi connectivity index (χ1v) is 9.47. The van der Waals surface area contributed by atoms with Gasteiger partial charge >= 0.3 is 0 Å². The molecule has 1 N–H and O–H groups in total. The van der Waals surface area contributed by atoms with Gasteiger partial charge in [0.15, 0.2) is 5.78 Å². The van der Waals surface area contributed by atoms with Crippen molar-refractivity contribution in [2.45, 2.75) is 70.5 Å². The fraction of sp³-hybridized carbons (Fsp3) is 0.850. The van der Waals surface area contributed by atoms with E-state index in [0.717, 1.165) is 32.3 Å². The molecule has 1 saturated heterocycles. The van der Waals surface area contributed by atoms with Crippen molar-refractivity contribution in [2.24, 2.45) is 28.6 Å². The summed E-state index contributed by atoms with van der Waals surface area (Å²) in [5.74, 6) is 2.25. The van der Waals surface area contributed by atoms with Gasteiger partial charge in [-0.3, -0.25) is 4.79 Å². The molecule has 0 aromatic carbocycles. The van der Waals surface area contributed by atoms with Gasteiger partial charge in [-0.15, -0.1) is 0 Å². The Morgan fingerprint density at radius 3 is 2.70 bits per heavy atom. The number of fused-ring (bicyclic) bond motifs is 6. The molecule has 1 spiro atoms. The number of hydrogen-bond acceptors (Lipinski definition) is 3. The van der Waals surface area contributed by atoms with E-state index in [1.807, 2.05) is 6.08 Å². The average molecular weight is 316 g/mol. The molecule has 3 saturated carbocycles. The van der Waals surface area contributed by atoms with Crippen molar-refractivity contribution in [1.82, 2.24) is 0 Å². The lowest BCUT2D eigenvalue weighted by atomic mass is 9.45. The summed E-state index contributed by atoms with van der Waals surface area (Å²) < 4.78 is 5.99. The summed E-state index contributed by atoms with van der Waals surface area (Å²) in [4.78, 5) is 12.0. The molecule has 4 fully saturated rings. The minimum atomic E-state index is -0.127. The quantitative estimate of drug-likeness (QED) is 0.698. The van der Waals surface area contributed by atoms with Crippen LogP contribution in [0.2, 0.25) is 0 Å². The molecule has 1 heterocycles. The summed E-state index contributed by atoms with van der Waals surface area (Å²) >= 11 is 0. The van der Waals surface area contributed by atoms with Gasteiger partial charge < -0.3 is 9.84 Å². The highest BCUT2D eigenvalue weighted by atomic mass is 16.6. The number of ketones is 1. The zero-order chi connectivity index (χ0) is 16.0. The molecule has 0 radical (unpaired) electrons. The Hall–Kier alpha value is -0.670. The van der Waals surface area contributed by atoms with Gasteiger partial charge in [-0.05, 0) is 78.8 Å². The van der Waals surface area contributed by atoms with Crippen LogP contribution in [0, 0.1) is 28.6 Å². The summed E-state index contributed by atoms with van der Waals surface area (Å²) in [6.07, 6.45) is 9.09. The van der Waals surface area contributed by atoms with Crippen LogP contribution < -0.4 is 0 Å². The van der Waals surface area contributed by atoms with E-state index in [1.165, 1.54) is 18.4 Å². The monoisotopic (exact) mass is 316 g/mol. The van der Waals surface area contributed by atoms with E-state index in [9.17, 15) is 9.90 Å². The molecule has 0 aromatic rings. The van der Waals surface area contributed by atoms with Gasteiger partial charge in [0, 0.05) is 6.42 Å². The van der Waals surface area contributed by atoms with Crippen molar-refractivity contribution in [2.75, 3.05) is 6.61 Å². The van der Waals surface area contributed by atoms with E-state index in [4.69, 9.17) is 4.74 Å². The number of carbonyl (C=O) groups excluding carboxylic acids is 1. The third-order valence-corrected chi connectivity index (χ3v) is 8.57. The van der Waals surface area contributed by atoms with Crippen LogP contribution in [0.3, 0.4) is 0 Å². The highest BCUT2D eigenvalue weighted by Gasteiger charge is 2.67. The number of hydrogen-bond donors (Lipinski definition) is 1. The molecule has 4 aliphatic carbocycles. The Labute approximate surface area is 138 Å². The van der Waals surface area contributed by atoms with Gasteiger partial charge in [0.05, 0.1) is 12.7 Å². The summed E-state index contributed by atoms with van der Waals surface area (Å²) in [5, 5.41) is 10.6. The second-order valence-corrected chi connectivity index (χ2v) is 9.44. The third kappa shape index (κ3) is 1.71. The van der Waals surface area contributed by atoms with Gasteiger partial charge in [-0.1, -0.05) is 13.8 Å². The zero-order valence-corrected chi connectivity index (χ0v) is 14.3. The number of carbonyl (C=O) groups is 1. The molecule has 5 aliphatic rings. The summed E-state index contributed by atoms with van der Waals surface area (Å²) in [6, 6.07) is 0. The summed E-state index contributed by atoms with van der Waals surface area (Å²) in [6.45, 7) is 5.53. The van der Waals surface area contributed by atoms with Gasteiger partial charge in [0.1, 0.15) is 5.60 Å². The minimum absolute atomic E-state index is 0.110. The second-order valence-electron chi connectivity index (χ2n) is 9.44. The first-order valence-electron chi connectivity index (χ1n) is 9.47. The molecule has 0 unspecified atom stereocenters. The van der Waals surface area contributed by atoms with Gasteiger partial charge in [0.25, 0.3) is 0 Å². The van der Waals surface area contributed by atoms with Crippen LogP contribution in [0.1, 0.15) is 58.8 Å². The molecule has 23 heavy (non-hydrogen) atoms. The largest absolute Gasteiger partial charge is 0.393 e. The Kier molecular flexibility index (Phi) is 2.73. The Balaban J connectivity index is 1.59. The van der Waals surface area contributed by atoms with Gasteiger partial charge in [-0.2, -0.15) is 0 Å². The molecule has 5 rings (SSSR count).